The van der Waals surface area contributed by atoms with Crippen LogP contribution in [0.1, 0.15) is 46.0 Å². The second-order valence-electron chi connectivity index (χ2n) is 6.01. The van der Waals surface area contributed by atoms with Gasteiger partial charge in [0, 0.05) is 19.0 Å². The molecule has 0 aromatic heterocycles. The van der Waals surface area contributed by atoms with Gasteiger partial charge in [0.2, 0.25) is 5.91 Å². The summed E-state index contributed by atoms with van der Waals surface area (Å²) in [5, 5.41) is 3.01. The Kier molecular flexibility index (Phi) is 6.09. The van der Waals surface area contributed by atoms with Crippen LogP contribution in [-0.4, -0.2) is 43.5 Å². The molecule has 0 aromatic rings. The highest BCUT2D eigenvalue weighted by molar-refractivity contribution is 5.76. The first kappa shape index (κ1) is 15.4. The Morgan fingerprint density at radius 3 is 2.56 bits per heavy atom. The molecule has 0 unspecified atom stereocenters. The zero-order valence-electron chi connectivity index (χ0n) is 12.2. The van der Waals surface area contributed by atoms with Crippen molar-refractivity contribution in [3.8, 4) is 0 Å². The van der Waals surface area contributed by atoms with Crippen LogP contribution in [0, 0.1) is 5.41 Å². The maximum Gasteiger partial charge on any atom is 0.220 e. The molecule has 1 saturated carbocycles. The molecule has 3 N–H and O–H groups in total. The van der Waals surface area contributed by atoms with Crippen LogP contribution >= 0.6 is 0 Å². The van der Waals surface area contributed by atoms with Gasteiger partial charge in [-0.2, -0.15) is 0 Å². The monoisotopic (exact) mass is 255 g/mol. The summed E-state index contributed by atoms with van der Waals surface area (Å²) in [4.78, 5) is 14.1. The number of nitrogens with zero attached hydrogens (tertiary/aromatic N) is 1. The molecule has 0 heterocycles. The summed E-state index contributed by atoms with van der Waals surface area (Å²) in [5.74, 6) is 0.173. The molecule has 1 rings (SSSR count). The third-order valence-corrected chi connectivity index (χ3v) is 4.27. The Bertz CT molecular complexity index is 256. The van der Waals surface area contributed by atoms with Gasteiger partial charge in [-0.3, -0.25) is 4.79 Å². The molecular weight excluding hydrogens is 226 g/mol. The standard InChI is InChI=1S/C14H29N3O/c1-12(2)17(3)9-5-8-16-13(18)10-14(11-15)6-4-7-14/h12H,4-11,15H2,1-3H3,(H,16,18). The van der Waals surface area contributed by atoms with Gasteiger partial charge in [0.05, 0.1) is 0 Å². The number of carbonyl (C=O) groups excluding carboxylic acids is 1. The molecule has 106 valence electrons. The molecule has 1 fully saturated rings. The predicted octanol–water partition coefficient (Wildman–Crippen LogP) is 1.35. The second-order valence-corrected chi connectivity index (χ2v) is 6.01. The van der Waals surface area contributed by atoms with Crippen molar-refractivity contribution in [3.05, 3.63) is 0 Å². The lowest BCUT2D eigenvalue weighted by Gasteiger charge is -2.40. The van der Waals surface area contributed by atoms with Gasteiger partial charge in [-0.25, -0.2) is 0 Å². The number of nitrogens with one attached hydrogen (secondary N) is 1. The zero-order chi connectivity index (χ0) is 13.6. The number of carbonyl (C=O) groups is 1. The Morgan fingerprint density at radius 2 is 2.11 bits per heavy atom. The van der Waals surface area contributed by atoms with Crippen LogP contribution in [0.2, 0.25) is 0 Å². The fraction of sp³-hybridized carbons (Fsp3) is 0.929. The fourth-order valence-electron chi connectivity index (χ4n) is 2.35. The minimum absolute atomic E-state index is 0.124. The van der Waals surface area contributed by atoms with E-state index in [2.05, 4.69) is 31.1 Å². The highest BCUT2D eigenvalue weighted by atomic mass is 16.1. The van der Waals surface area contributed by atoms with E-state index in [9.17, 15) is 4.79 Å². The zero-order valence-corrected chi connectivity index (χ0v) is 12.2. The summed E-state index contributed by atoms with van der Waals surface area (Å²) in [5.41, 5.74) is 5.88. The molecule has 1 aliphatic rings. The van der Waals surface area contributed by atoms with Crippen molar-refractivity contribution in [2.75, 3.05) is 26.7 Å². The smallest absolute Gasteiger partial charge is 0.220 e. The van der Waals surface area contributed by atoms with Crippen LogP contribution in [-0.2, 0) is 4.79 Å². The highest BCUT2D eigenvalue weighted by Gasteiger charge is 2.37. The van der Waals surface area contributed by atoms with Crippen LogP contribution in [0.15, 0.2) is 0 Å². The van der Waals surface area contributed by atoms with Gasteiger partial charge in [-0.05, 0) is 58.7 Å². The first-order chi connectivity index (χ1) is 8.49. The van der Waals surface area contributed by atoms with E-state index in [0.717, 1.165) is 32.4 Å². The summed E-state index contributed by atoms with van der Waals surface area (Å²) in [6, 6.07) is 0.566. The van der Waals surface area contributed by atoms with Crippen molar-refractivity contribution in [2.24, 2.45) is 11.1 Å². The molecule has 0 saturated heterocycles. The second kappa shape index (κ2) is 7.10. The van der Waals surface area contributed by atoms with E-state index in [1.165, 1.54) is 6.42 Å². The van der Waals surface area contributed by atoms with Crippen molar-refractivity contribution >= 4 is 5.91 Å². The van der Waals surface area contributed by atoms with Crippen molar-refractivity contribution in [3.63, 3.8) is 0 Å². The van der Waals surface area contributed by atoms with Crippen molar-refractivity contribution in [2.45, 2.75) is 52.0 Å². The largest absolute Gasteiger partial charge is 0.356 e. The number of hydrogen-bond donors (Lipinski definition) is 2. The molecule has 4 heteroatoms. The number of rotatable bonds is 8. The molecule has 18 heavy (non-hydrogen) atoms. The maximum absolute atomic E-state index is 11.8. The van der Waals surface area contributed by atoms with Gasteiger partial charge < -0.3 is 16.0 Å². The quantitative estimate of drug-likeness (QED) is 0.644. The summed E-state index contributed by atoms with van der Waals surface area (Å²) >= 11 is 0. The molecule has 1 aliphatic carbocycles. The molecule has 0 bridgehead atoms. The lowest BCUT2D eigenvalue weighted by Crippen LogP contribution is -2.42. The average molecular weight is 255 g/mol. The van der Waals surface area contributed by atoms with Gasteiger partial charge in [-0.15, -0.1) is 0 Å². The van der Waals surface area contributed by atoms with Crippen LogP contribution in [0.3, 0.4) is 0 Å². The predicted molar refractivity (Wildman–Crippen MR) is 75.3 cm³/mol. The molecule has 0 spiro atoms. The van der Waals surface area contributed by atoms with E-state index in [1.54, 1.807) is 0 Å². The SMILES string of the molecule is CC(C)N(C)CCCNC(=O)CC1(CN)CCC1. The Labute approximate surface area is 111 Å². The van der Waals surface area contributed by atoms with Crippen molar-refractivity contribution < 1.29 is 4.79 Å². The molecule has 0 aromatic carbocycles. The van der Waals surface area contributed by atoms with E-state index in [1.807, 2.05) is 0 Å². The van der Waals surface area contributed by atoms with E-state index < -0.39 is 0 Å². The van der Waals surface area contributed by atoms with Gasteiger partial charge in [0.15, 0.2) is 0 Å². The summed E-state index contributed by atoms with van der Waals surface area (Å²) in [6.45, 7) is 6.81. The highest BCUT2D eigenvalue weighted by Crippen LogP contribution is 2.42. The molecule has 0 aliphatic heterocycles. The van der Waals surface area contributed by atoms with Crippen LogP contribution < -0.4 is 11.1 Å². The van der Waals surface area contributed by atoms with E-state index >= 15 is 0 Å². The summed E-state index contributed by atoms with van der Waals surface area (Å²) < 4.78 is 0. The van der Waals surface area contributed by atoms with Crippen LogP contribution in [0.4, 0.5) is 0 Å². The average Bonchev–Trinajstić information content (AvgIpc) is 2.29. The molecule has 4 nitrogen and oxygen atoms in total. The van der Waals surface area contributed by atoms with Gasteiger partial charge >= 0.3 is 0 Å². The maximum atomic E-state index is 11.8. The van der Waals surface area contributed by atoms with Crippen LogP contribution in [0.25, 0.3) is 0 Å². The number of hydrogen-bond acceptors (Lipinski definition) is 3. The lowest BCUT2D eigenvalue weighted by atomic mass is 9.66. The van der Waals surface area contributed by atoms with E-state index in [0.29, 0.717) is 19.0 Å². The Balaban J connectivity index is 2.10. The number of nitrogens with two attached hydrogens (primary N) is 1. The Hall–Kier alpha value is -0.610. The number of amides is 1. The first-order valence-corrected chi connectivity index (χ1v) is 7.16. The van der Waals surface area contributed by atoms with Gasteiger partial charge in [-0.1, -0.05) is 6.42 Å². The topological polar surface area (TPSA) is 58.4 Å². The minimum Gasteiger partial charge on any atom is -0.356 e. The normalized spacial score (nSPS) is 17.9. The third-order valence-electron chi connectivity index (χ3n) is 4.27. The Morgan fingerprint density at radius 1 is 1.44 bits per heavy atom. The molecule has 0 radical (unpaired) electrons. The van der Waals surface area contributed by atoms with Crippen molar-refractivity contribution in [1.82, 2.24) is 10.2 Å². The van der Waals surface area contributed by atoms with Crippen LogP contribution in [0.5, 0.6) is 0 Å². The molecular formula is C14H29N3O. The van der Waals surface area contributed by atoms with E-state index in [-0.39, 0.29) is 11.3 Å². The lowest BCUT2D eigenvalue weighted by molar-refractivity contribution is -0.124. The summed E-state index contributed by atoms with van der Waals surface area (Å²) in [7, 11) is 2.12. The van der Waals surface area contributed by atoms with Gasteiger partial charge in [0.25, 0.3) is 0 Å². The first-order valence-electron chi connectivity index (χ1n) is 7.16. The third kappa shape index (κ3) is 4.58. The van der Waals surface area contributed by atoms with E-state index in [4.69, 9.17) is 5.73 Å². The molecule has 1 amide bonds. The van der Waals surface area contributed by atoms with Crippen molar-refractivity contribution in [1.29, 1.82) is 0 Å². The van der Waals surface area contributed by atoms with Gasteiger partial charge in [0.1, 0.15) is 0 Å². The molecule has 0 atom stereocenters. The minimum atomic E-state index is 0.124. The summed E-state index contributed by atoms with van der Waals surface area (Å²) in [6.07, 6.45) is 5.09. The fourth-order valence-corrected chi connectivity index (χ4v) is 2.35.